The Morgan fingerprint density at radius 2 is 2.05 bits per heavy atom. The Morgan fingerprint density at radius 3 is 2.73 bits per heavy atom. The lowest BCUT2D eigenvalue weighted by Gasteiger charge is -2.25. The van der Waals surface area contributed by atoms with Crippen molar-refractivity contribution in [1.82, 2.24) is 0 Å². The molecule has 0 saturated carbocycles. The number of aliphatic hydroxyl groups excluding tert-OH is 1. The summed E-state index contributed by atoms with van der Waals surface area (Å²) in [7, 11) is 0. The van der Waals surface area contributed by atoms with Gasteiger partial charge < -0.3 is 19.3 Å². The number of esters is 1. The summed E-state index contributed by atoms with van der Waals surface area (Å²) in [4.78, 5) is 11.8. The maximum Gasteiger partial charge on any atom is 0.335 e. The summed E-state index contributed by atoms with van der Waals surface area (Å²) in [6.07, 6.45) is 0.211. The molecule has 1 N–H and O–H groups in total. The summed E-state index contributed by atoms with van der Waals surface area (Å²) in [5.74, 6) is -0.266. The maximum absolute atomic E-state index is 11.8. The van der Waals surface area contributed by atoms with Crippen LogP contribution in [-0.2, 0) is 14.3 Å². The molecule has 0 amide bonds. The third kappa shape index (κ3) is 5.02. The average Bonchev–Trinajstić information content (AvgIpc) is 2.53. The lowest BCUT2D eigenvalue weighted by Crippen LogP contribution is -2.35. The lowest BCUT2D eigenvalue weighted by molar-refractivity contribution is -0.159. The Kier molecular flexibility index (Phi) is 6.76. The third-order valence-electron chi connectivity index (χ3n) is 3.43. The van der Waals surface area contributed by atoms with Crippen LogP contribution in [0.2, 0.25) is 10.0 Å². The minimum absolute atomic E-state index is 0.0398. The maximum atomic E-state index is 11.8. The van der Waals surface area contributed by atoms with Crippen molar-refractivity contribution in [2.24, 2.45) is 5.92 Å². The van der Waals surface area contributed by atoms with Gasteiger partial charge in [-0.2, -0.15) is 0 Å². The van der Waals surface area contributed by atoms with Gasteiger partial charge in [-0.15, -0.1) is 0 Å². The van der Waals surface area contributed by atoms with Crippen molar-refractivity contribution in [3.8, 4) is 5.75 Å². The van der Waals surface area contributed by atoms with Gasteiger partial charge in [0.2, 0.25) is 0 Å². The number of rotatable bonds is 6. The molecule has 5 nitrogen and oxygen atoms in total. The van der Waals surface area contributed by atoms with Crippen LogP contribution in [0.15, 0.2) is 18.2 Å². The zero-order valence-corrected chi connectivity index (χ0v) is 13.5. The molecule has 0 spiro atoms. The zero-order chi connectivity index (χ0) is 15.9. The number of halogens is 2. The first-order valence-electron chi connectivity index (χ1n) is 7.08. The fourth-order valence-corrected chi connectivity index (χ4v) is 2.66. The second-order valence-corrected chi connectivity index (χ2v) is 5.83. The molecule has 1 aromatic carbocycles. The molecule has 1 aliphatic heterocycles. The molecule has 7 heteroatoms. The van der Waals surface area contributed by atoms with Crippen LogP contribution in [0.3, 0.4) is 0 Å². The molecule has 0 unspecified atom stereocenters. The highest BCUT2D eigenvalue weighted by Gasteiger charge is 2.28. The number of hydrogen-bond donors (Lipinski definition) is 1. The molecular formula is C15H18Cl2O5. The van der Waals surface area contributed by atoms with Gasteiger partial charge in [-0.3, -0.25) is 0 Å². The van der Waals surface area contributed by atoms with Gasteiger partial charge in [-0.25, -0.2) is 4.79 Å². The molecule has 122 valence electrons. The van der Waals surface area contributed by atoms with Crippen molar-refractivity contribution in [3.63, 3.8) is 0 Å². The van der Waals surface area contributed by atoms with Gasteiger partial charge in [0, 0.05) is 18.2 Å². The van der Waals surface area contributed by atoms with E-state index >= 15 is 0 Å². The van der Waals surface area contributed by atoms with Gasteiger partial charge in [0.25, 0.3) is 0 Å². The minimum atomic E-state index is -1.11. The van der Waals surface area contributed by atoms with Gasteiger partial charge in [0.1, 0.15) is 19.0 Å². The highest BCUT2D eigenvalue weighted by atomic mass is 35.5. The van der Waals surface area contributed by atoms with E-state index in [1.165, 1.54) is 0 Å². The summed E-state index contributed by atoms with van der Waals surface area (Å²) in [6.45, 7) is 1.31. The molecule has 0 aliphatic carbocycles. The van der Waals surface area contributed by atoms with Crippen LogP contribution in [0.4, 0.5) is 0 Å². The van der Waals surface area contributed by atoms with E-state index in [9.17, 15) is 9.90 Å². The first-order valence-corrected chi connectivity index (χ1v) is 7.84. The van der Waals surface area contributed by atoms with E-state index < -0.39 is 12.1 Å². The molecular weight excluding hydrogens is 331 g/mol. The SMILES string of the molecule is O=C(OCCOc1ccc(Cl)cc1Cl)[C@@H](O)C1CCOCC1. The summed E-state index contributed by atoms with van der Waals surface area (Å²) in [5.41, 5.74) is 0. The van der Waals surface area contributed by atoms with E-state index in [2.05, 4.69) is 0 Å². The van der Waals surface area contributed by atoms with Crippen molar-refractivity contribution in [3.05, 3.63) is 28.2 Å². The highest BCUT2D eigenvalue weighted by Crippen LogP contribution is 2.27. The summed E-state index contributed by atoms with van der Waals surface area (Å²) in [6, 6.07) is 4.87. The van der Waals surface area contributed by atoms with E-state index in [0.717, 1.165) is 0 Å². The number of benzene rings is 1. The number of aliphatic hydroxyl groups is 1. The molecule has 2 rings (SSSR count). The van der Waals surface area contributed by atoms with Crippen LogP contribution in [0.25, 0.3) is 0 Å². The second-order valence-electron chi connectivity index (χ2n) is 4.99. The van der Waals surface area contributed by atoms with Crippen LogP contribution < -0.4 is 4.74 Å². The Morgan fingerprint density at radius 1 is 1.32 bits per heavy atom. The van der Waals surface area contributed by atoms with E-state index in [1.807, 2.05) is 0 Å². The van der Waals surface area contributed by atoms with E-state index in [4.69, 9.17) is 37.4 Å². The smallest absolute Gasteiger partial charge is 0.335 e. The molecule has 0 aromatic heterocycles. The second kappa shape index (κ2) is 8.58. The predicted molar refractivity (Wildman–Crippen MR) is 82.5 cm³/mol. The van der Waals surface area contributed by atoms with Crippen LogP contribution in [-0.4, -0.2) is 43.6 Å². The molecule has 1 saturated heterocycles. The summed E-state index contributed by atoms with van der Waals surface area (Å²) >= 11 is 11.7. The molecule has 0 radical (unpaired) electrons. The van der Waals surface area contributed by atoms with E-state index in [1.54, 1.807) is 18.2 Å². The van der Waals surface area contributed by atoms with E-state index in [-0.39, 0.29) is 19.1 Å². The van der Waals surface area contributed by atoms with Crippen LogP contribution in [0.1, 0.15) is 12.8 Å². The molecule has 1 aliphatic rings. The number of hydrogen-bond acceptors (Lipinski definition) is 5. The van der Waals surface area contributed by atoms with Crippen molar-refractivity contribution in [2.75, 3.05) is 26.4 Å². The quantitative estimate of drug-likeness (QED) is 0.632. The van der Waals surface area contributed by atoms with Crippen molar-refractivity contribution in [2.45, 2.75) is 18.9 Å². The average molecular weight is 349 g/mol. The normalized spacial score (nSPS) is 17.0. The monoisotopic (exact) mass is 348 g/mol. The largest absolute Gasteiger partial charge is 0.488 e. The van der Waals surface area contributed by atoms with Gasteiger partial charge in [0.05, 0.1) is 5.02 Å². The van der Waals surface area contributed by atoms with Crippen LogP contribution in [0.5, 0.6) is 5.75 Å². The zero-order valence-electron chi connectivity index (χ0n) is 12.0. The highest BCUT2D eigenvalue weighted by molar-refractivity contribution is 6.35. The first kappa shape index (κ1) is 17.3. The molecule has 1 heterocycles. The van der Waals surface area contributed by atoms with Gasteiger partial charge in [0.15, 0.2) is 6.10 Å². The molecule has 0 bridgehead atoms. The lowest BCUT2D eigenvalue weighted by atomic mass is 9.94. The van der Waals surface area contributed by atoms with Crippen LogP contribution in [0, 0.1) is 5.92 Å². The molecule has 1 fully saturated rings. The first-order chi connectivity index (χ1) is 10.6. The Balaban J connectivity index is 1.70. The van der Waals surface area contributed by atoms with Crippen LogP contribution >= 0.6 is 23.2 Å². The topological polar surface area (TPSA) is 65.0 Å². The number of carbonyl (C=O) groups excluding carboxylic acids is 1. The summed E-state index contributed by atoms with van der Waals surface area (Å²) in [5, 5.41) is 10.8. The Bertz CT molecular complexity index is 503. The van der Waals surface area contributed by atoms with Crippen molar-refractivity contribution >= 4 is 29.2 Å². The Labute approximate surface area is 139 Å². The standard InChI is InChI=1S/C15H18Cl2O5/c16-11-1-2-13(12(17)9-11)21-7-8-22-15(19)14(18)10-3-5-20-6-4-10/h1-2,9-10,14,18H,3-8H2/t14-/m0/s1. The third-order valence-corrected chi connectivity index (χ3v) is 3.96. The van der Waals surface area contributed by atoms with Gasteiger partial charge in [-0.05, 0) is 37.0 Å². The molecule has 1 atom stereocenters. The van der Waals surface area contributed by atoms with Crippen molar-refractivity contribution < 1.29 is 24.1 Å². The summed E-state index contributed by atoms with van der Waals surface area (Å²) < 4.78 is 15.6. The number of ether oxygens (including phenoxy) is 3. The van der Waals surface area contributed by atoms with E-state index in [0.29, 0.717) is 41.9 Å². The molecule has 1 aromatic rings. The van der Waals surface area contributed by atoms with Crippen molar-refractivity contribution in [1.29, 1.82) is 0 Å². The van der Waals surface area contributed by atoms with Gasteiger partial charge in [-0.1, -0.05) is 23.2 Å². The fraction of sp³-hybridized carbons (Fsp3) is 0.533. The predicted octanol–water partition coefficient (Wildman–Crippen LogP) is 2.70. The Hall–Kier alpha value is -1.01. The minimum Gasteiger partial charge on any atom is -0.488 e. The molecule has 22 heavy (non-hydrogen) atoms. The number of carbonyl (C=O) groups is 1. The van der Waals surface area contributed by atoms with Gasteiger partial charge >= 0.3 is 5.97 Å². The fourth-order valence-electron chi connectivity index (χ4n) is 2.20.